The summed E-state index contributed by atoms with van der Waals surface area (Å²) in [5.41, 5.74) is 1.14. The number of rotatable bonds is 5. The molecule has 96 valence electrons. The fraction of sp³-hybridized carbons (Fsp3) is 0.769. The highest BCUT2D eigenvalue weighted by molar-refractivity contribution is 7.09. The van der Waals surface area contributed by atoms with Crippen LogP contribution in [0.4, 0.5) is 0 Å². The summed E-state index contributed by atoms with van der Waals surface area (Å²) in [6.45, 7) is 8.29. The summed E-state index contributed by atoms with van der Waals surface area (Å²) >= 11 is 1.77. The largest absolute Gasteiger partial charge is 0.378 e. The molecular weight excluding hydrogens is 232 g/mol. The van der Waals surface area contributed by atoms with Gasteiger partial charge in [-0.1, -0.05) is 6.92 Å². The van der Waals surface area contributed by atoms with Crippen LogP contribution in [-0.4, -0.2) is 30.3 Å². The van der Waals surface area contributed by atoms with Gasteiger partial charge in [-0.3, -0.25) is 0 Å². The average Bonchev–Trinajstić information content (AvgIpc) is 2.87. The lowest BCUT2D eigenvalue weighted by Crippen LogP contribution is -2.38. The molecule has 1 fully saturated rings. The molecule has 3 unspecified atom stereocenters. The number of hydrogen-bond donors (Lipinski definition) is 1. The number of likely N-dealkylation sites (N-methyl/N-ethyl adjacent to an activating group) is 1. The Balaban J connectivity index is 1.97. The standard InChI is InChI=1S/C13H22N2OS/c1-4-14-12(11-5-10(3)16-7-11)6-13-15-9(2)8-17-13/h8,10-12,14H,4-7H2,1-3H3. The van der Waals surface area contributed by atoms with Gasteiger partial charge < -0.3 is 10.1 Å². The Labute approximate surface area is 108 Å². The maximum atomic E-state index is 5.68. The highest BCUT2D eigenvalue weighted by Gasteiger charge is 2.29. The van der Waals surface area contributed by atoms with Crippen LogP contribution in [0.1, 0.15) is 31.0 Å². The van der Waals surface area contributed by atoms with E-state index in [0.717, 1.165) is 25.3 Å². The van der Waals surface area contributed by atoms with E-state index in [9.17, 15) is 0 Å². The molecule has 0 spiro atoms. The predicted molar refractivity (Wildman–Crippen MR) is 71.5 cm³/mol. The summed E-state index contributed by atoms with van der Waals surface area (Å²) in [6.07, 6.45) is 2.62. The van der Waals surface area contributed by atoms with Gasteiger partial charge >= 0.3 is 0 Å². The summed E-state index contributed by atoms with van der Waals surface area (Å²) in [6, 6.07) is 0.510. The van der Waals surface area contributed by atoms with Crippen molar-refractivity contribution in [1.82, 2.24) is 10.3 Å². The molecule has 3 nitrogen and oxygen atoms in total. The monoisotopic (exact) mass is 254 g/mol. The zero-order valence-electron chi connectivity index (χ0n) is 10.9. The highest BCUT2D eigenvalue weighted by atomic mass is 32.1. The number of thiazole rings is 1. The van der Waals surface area contributed by atoms with E-state index < -0.39 is 0 Å². The van der Waals surface area contributed by atoms with Crippen LogP contribution >= 0.6 is 11.3 Å². The second-order valence-electron chi connectivity index (χ2n) is 4.89. The minimum absolute atomic E-state index is 0.416. The number of aryl methyl sites for hydroxylation is 1. The first-order valence-corrected chi connectivity index (χ1v) is 7.33. The third-order valence-electron chi connectivity index (χ3n) is 3.33. The normalized spacial score (nSPS) is 26.3. The number of nitrogens with zero attached hydrogens (tertiary/aromatic N) is 1. The molecule has 2 heterocycles. The first kappa shape index (κ1) is 13.0. The number of aromatic nitrogens is 1. The highest BCUT2D eigenvalue weighted by Crippen LogP contribution is 2.25. The van der Waals surface area contributed by atoms with Crippen molar-refractivity contribution in [1.29, 1.82) is 0 Å². The minimum Gasteiger partial charge on any atom is -0.378 e. The molecule has 0 aliphatic carbocycles. The molecule has 1 aromatic heterocycles. The summed E-state index contributed by atoms with van der Waals surface area (Å²) in [5.74, 6) is 0.633. The molecule has 0 amide bonds. The van der Waals surface area contributed by atoms with Crippen molar-refractivity contribution in [3.05, 3.63) is 16.1 Å². The maximum Gasteiger partial charge on any atom is 0.0943 e. The smallest absolute Gasteiger partial charge is 0.0943 e. The van der Waals surface area contributed by atoms with Crippen LogP contribution in [0, 0.1) is 12.8 Å². The van der Waals surface area contributed by atoms with E-state index >= 15 is 0 Å². The molecule has 0 aromatic carbocycles. The number of ether oxygens (including phenoxy) is 1. The molecule has 1 aromatic rings. The lowest BCUT2D eigenvalue weighted by Gasteiger charge is -2.22. The summed E-state index contributed by atoms with van der Waals surface area (Å²) in [4.78, 5) is 4.56. The van der Waals surface area contributed by atoms with Gasteiger partial charge in [0, 0.05) is 29.5 Å². The Kier molecular flexibility index (Phi) is 4.54. The van der Waals surface area contributed by atoms with Gasteiger partial charge in [0.1, 0.15) is 0 Å². The van der Waals surface area contributed by atoms with E-state index in [2.05, 4.69) is 36.5 Å². The average molecular weight is 254 g/mol. The van der Waals surface area contributed by atoms with Crippen molar-refractivity contribution in [2.45, 2.75) is 45.8 Å². The zero-order valence-corrected chi connectivity index (χ0v) is 11.7. The van der Waals surface area contributed by atoms with Crippen LogP contribution in [0.2, 0.25) is 0 Å². The molecule has 0 saturated carbocycles. The van der Waals surface area contributed by atoms with Crippen LogP contribution in [0.3, 0.4) is 0 Å². The Hall–Kier alpha value is -0.450. The van der Waals surface area contributed by atoms with E-state index in [1.807, 2.05) is 0 Å². The first-order valence-electron chi connectivity index (χ1n) is 6.45. The second-order valence-corrected chi connectivity index (χ2v) is 5.83. The van der Waals surface area contributed by atoms with Crippen LogP contribution in [0.25, 0.3) is 0 Å². The van der Waals surface area contributed by atoms with E-state index in [1.165, 1.54) is 11.4 Å². The third-order valence-corrected chi connectivity index (χ3v) is 4.31. The Bertz CT molecular complexity index is 353. The topological polar surface area (TPSA) is 34.2 Å². The Morgan fingerprint density at radius 2 is 2.47 bits per heavy atom. The lowest BCUT2D eigenvalue weighted by molar-refractivity contribution is 0.117. The van der Waals surface area contributed by atoms with Crippen LogP contribution in [0.15, 0.2) is 5.38 Å². The minimum atomic E-state index is 0.416. The quantitative estimate of drug-likeness (QED) is 0.876. The van der Waals surface area contributed by atoms with Gasteiger partial charge in [0.05, 0.1) is 17.7 Å². The molecule has 4 heteroatoms. The van der Waals surface area contributed by atoms with Crippen molar-refractivity contribution in [3.8, 4) is 0 Å². The van der Waals surface area contributed by atoms with Gasteiger partial charge in [-0.25, -0.2) is 4.98 Å². The zero-order chi connectivity index (χ0) is 12.3. The van der Waals surface area contributed by atoms with Crippen molar-refractivity contribution < 1.29 is 4.74 Å². The van der Waals surface area contributed by atoms with Gasteiger partial charge in [-0.15, -0.1) is 11.3 Å². The molecule has 1 N–H and O–H groups in total. The molecule has 1 saturated heterocycles. The van der Waals surface area contributed by atoms with Gasteiger partial charge in [0.15, 0.2) is 0 Å². The maximum absolute atomic E-state index is 5.68. The van der Waals surface area contributed by atoms with Crippen LogP contribution in [0.5, 0.6) is 0 Å². The molecule has 1 aliphatic heterocycles. The van der Waals surface area contributed by atoms with Crippen molar-refractivity contribution >= 4 is 11.3 Å². The van der Waals surface area contributed by atoms with Crippen molar-refractivity contribution in [2.24, 2.45) is 5.92 Å². The first-order chi connectivity index (χ1) is 8.19. The predicted octanol–water partition coefficient (Wildman–Crippen LogP) is 2.40. The van der Waals surface area contributed by atoms with Gasteiger partial charge in [0.25, 0.3) is 0 Å². The van der Waals surface area contributed by atoms with E-state index in [4.69, 9.17) is 4.74 Å². The summed E-state index contributed by atoms with van der Waals surface area (Å²) in [5, 5.41) is 6.96. The lowest BCUT2D eigenvalue weighted by atomic mass is 9.94. The van der Waals surface area contributed by atoms with Crippen molar-refractivity contribution in [2.75, 3.05) is 13.2 Å². The van der Waals surface area contributed by atoms with Crippen LogP contribution < -0.4 is 5.32 Å². The van der Waals surface area contributed by atoms with Gasteiger partial charge in [-0.2, -0.15) is 0 Å². The van der Waals surface area contributed by atoms with E-state index in [1.54, 1.807) is 11.3 Å². The number of nitrogens with one attached hydrogen (secondary N) is 1. The van der Waals surface area contributed by atoms with Gasteiger partial charge in [0.2, 0.25) is 0 Å². The number of hydrogen-bond acceptors (Lipinski definition) is 4. The van der Waals surface area contributed by atoms with Crippen molar-refractivity contribution in [3.63, 3.8) is 0 Å². The third kappa shape index (κ3) is 3.50. The summed E-state index contributed by atoms with van der Waals surface area (Å²) < 4.78 is 5.68. The second kappa shape index (κ2) is 5.94. The molecular formula is C13H22N2OS. The molecule has 3 atom stereocenters. The molecule has 1 aliphatic rings. The molecule has 0 radical (unpaired) electrons. The summed E-state index contributed by atoms with van der Waals surface area (Å²) in [7, 11) is 0. The SMILES string of the molecule is CCNC(Cc1nc(C)cs1)C1COC(C)C1. The molecule has 2 rings (SSSR count). The fourth-order valence-corrected chi connectivity index (χ4v) is 3.31. The Morgan fingerprint density at radius 1 is 1.65 bits per heavy atom. The fourth-order valence-electron chi connectivity index (χ4n) is 2.48. The van der Waals surface area contributed by atoms with E-state index in [-0.39, 0.29) is 0 Å². The Morgan fingerprint density at radius 3 is 3.00 bits per heavy atom. The van der Waals surface area contributed by atoms with Crippen LogP contribution in [-0.2, 0) is 11.2 Å². The van der Waals surface area contributed by atoms with Gasteiger partial charge in [-0.05, 0) is 26.8 Å². The molecule has 0 bridgehead atoms. The van der Waals surface area contributed by atoms with E-state index in [0.29, 0.717) is 18.1 Å². The molecule has 17 heavy (non-hydrogen) atoms.